The Morgan fingerprint density at radius 2 is 2.07 bits per heavy atom. The summed E-state index contributed by atoms with van der Waals surface area (Å²) in [5.74, 6) is 1.34. The third kappa shape index (κ3) is 6.95. The van der Waals surface area contributed by atoms with Crippen molar-refractivity contribution in [1.82, 2.24) is 20.3 Å². The van der Waals surface area contributed by atoms with Crippen LogP contribution < -0.4 is 15.1 Å². The van der Waals surface area contributed by atoms with E-state index in [1.54, 1.807) is 12.4 Å². The Morgan fingerprint density at radius 3 is 2.77 bits per heavy atom. The number of nitriles is 1. The highest BCUT2D eigenvalue weighted by Crippen LogP contribution is 2.44. The minimum Gasteiger partial charge on any atom is -0.444 e. The molecule has 0 aromatic carbocycles. The van der Waals surface area contributed by atoms with Crippen LogP contribution in [0.1, 0.15) is 65.5 Å². The summed E-state index contributed by atoms with van der Waals surface area (Å²) in [6.07, 6.45) is 6.85. The number of amides is 1. The molecule has 2 aromatic heterocycles. The van der Waals surface area contributed by atoms with Gasteiger partial charge in [-0.3, -0.25) is 0 Å². The lowest BCUT2D eigenvalue weighted by molar-refractivity contribution is 0.0434. The molecule has 3 fully saturated rings. The molecule has 0 aliphatic carbocycles. The number of carbonyl (C=O) groups is 1. The van der Waals surface area contributed by atoms with Crippen molar-refractivity contribution in [2.24, 2.45) is 5.41 Å². The summed E-state index contributed by atoms with van der Waals surface area (Å²) in [5.41, 5.74) is -0.278. The number of halogens is 1. The normalized spacial score (nSPS) is 23.4. The van der Waals surface area contributed by atoms with Gasteiger partial charge in [0.1, 0.15) is 22.1 Å². The summed E-state index contributed by atoms with van der Waals surface area (Å²) >= 11 is 8.19. The number of anilines is 2. The van der Waals surface area contributed by atoms with Gasteiger partial charge >= 0.3 is 6.09 Å². The Balaban J connectivity index is 1.27. The van der Waals surface area contributed by atoms with Crippen molar-refractivity contribution < 1.29 is 19.4 Å². The zero-order valence-electron chi connectivity index (χ0n) is 25.2. The largest absolute Gasteiger partial charge is 0.444 e. The zero-order chi connectivity index (χ0) is 30.8. The highest BCUT2D eigenvalue weighted by atomic mass is 35.5. The molecule has 2 N–H and O–H groups in total. The maximum absolute atomic E-state index is 12.6. The molecule has 13 heteroatoms. The summed E-state index contributed by atoms with van der Waals surface area (Å²) in [6, 6.07) is 4.07. The van der Waals surface area contributed by atoms with Gasteiger partial charge in [-0.1, -0.05) is 23.4 Å². The molecular formula is C30H40ClN7O4S. The fourth-order valence-corrected chi connectivity index (χ4v) is 7.50. The summed E-state index contributed by atoms with van der Waals surface area (Å²) in [7, 11) is 0. The average molecular weight is 630 g/mol. The monoisotopic (exact) mass is 629 g/mol. The number of aliphatic hydroxyl groups excluding tert-OH is 1. The van der Waals surface area contributed by atoms with E-state index in [0.29, 0.717) is 53.5 Å². The average Bonchev–Trinajstić information content (AvgIpc) is 3.54. The Morgan fingerprint density at radius 1 is 1.30 bits per heavy atom. The van der Waals surface area contributed by atoms with E-state index in [-0.39, 0.29) is 30.2 Å². The first kappa shape index (κ1) is 31.6. The van der Waals surface area contributed by atoms with Crippen molar-refractivity contribution in [3.8, 4) is 6.07 Å². The molecule has 1 amide bonds. The number of aliphatic hydroxyl groups is 1. The van der Waals surface area contributed by atoms with E-state index in [1.807, 2.05) is 33.8 Å². The molecule has 3 saturated heterocycles. The number of alkyl carbamates (subject to hydrolysis) is 1. The molecule has 3 aliphatic heterocycles. The maximum atomic E-state index is 12.6. The van der Waals surface area contributed by atoms with Crippen molar-refractivity contribution >= 4 is 41.1 Å². The predicted molar refractivity (Wildman–Crippen MR) is 164 cm³/mol. The second-order valence-corrected chi connectivity index (χ2v) is 14.0. The van der Waals surface area contributed by atoms with Gasteiger partial charge in [0.15, 0.2) is 5.82 Å². The lowest BCUT2D eigenvalue weighted by Crippen LogP contribution is -2.55. The van der Waals surface area contributed by atoms with Gasteiger partial charge in [0, 0.05) is 42.2 Å². The molecule has 1 spiro atoms. The number of piperidine rings is 1. The van der Waals surface area contributed by atoms with Crippen LogP contribution in [0.25, 0.3) is 0 Å². The second-order valence-electron chi connectivity index (χ2n) is 12.5. The predicted octanol–water partition coefficient (Wildman–Crippen LogP) is 4.95. The lowest BCUT2D eigenvalue weighted by atomic mass is 9.73. The molecule has 5 rings (SSSR count). The number of pyridine rings is 1. The summed E-state index contributed by atoms with van der Waals surface area (Å²) in [4.78, 5) is 31.6. The maximum Gasteiger partial charge on any atom is 0.407 e. The van der Waals surface area contributed by atoms with Crippen molar-refractivity contribution in [2.75, 3.05) is 36.0 Å². The van der Waals surface area contributed by atoms with Crippen molar-refractivity contribution in [3.05, 3.63) is 29.2 Å². The van der Waals surface area contributed by atoms with Crippen molar-refractivity contribution in [3.63, 3.8) is 0 Å². The van der Waals surface area contributed by atoms with Gasteiger partial charge in [-0.05, 0) is 59.4 Å². The fourth-order valence-electron chi connectivity index (χ4n) is 6.37. The van der Waals surface area contributed by atoms with Crippen LogP contribution in [-0.4, -0.2) is 76.2 Å². The number of nitrogens with zero attached hydrogens (tertiary/aromatic N) is 6. The molecule has 11 nitrogen and oxygen atoms in total. The van der Waals surface area contributed by atoms with Gasteiger partial charge in [0.05, 0.1) is 49.1 Å². The molecule has 5 heterocycles. The van der Waals surface area contributed by atoms with E-state index in [2.05, 4.69) is 26.2 Å². The number of hydrogen-bond donors (Lipinski definition) is 2. The van der Waals surface area contributed by atoms with Crippen LogP contribution >= 0.6 is 23.4 Å². The van der Waals surface area contributed by atoms with E-state index in [4.69, 9.17) is 31.0 Å². The van der Waals surface area contributed by atoms with Gasteiger partial charge in [-0.2, -0.15) is 5.26 Å². The van der Waals surface area contributed by atoms with E-state index in [9.17, 15) is 15.2 Å². The van der Waals surface area contributed by atoms with E-state index in [0.717, 1.165) is 37.1 Å². The summed E-state index contributed by atoms with van der Waals surface area (Å²) in [5, 5.41) is 23.7. The third-order valence-corrected chi connectivity index (χ3v) is 9.92. The van der Waals surface area contributed by atoms with Crippen LogP contribution in [0.4, 0.5) is 16.4 Å². The number of rotatable bonds is 7. The number of aromatic nitrogens is 3. The number of hydrogen-bond acceptors (Lipinski definition) is 11. The first-order valence-corrected chi connectivity index (χ1v) is 16.0. The van der Waals surface area contributed by atoms with Crippen molar-refractivity contribution in [2.45, 2.75) is 100 Å². The van der Waals surface area contributed by atoms with Gasteiger partial charge < -0.3 is 29.7 Å². The highest BCUT2D eigenvalue weighted by Gasteiger charge is 2.50. The molecule has 2 aromatic rings. The standard InChI is InChI=1S/C30H40ClN7O4S/c1-19-25(36-28(40)42-29(2,3)4)30(18-41-19)9-14-37(15-10-30)26-21(17-39)35-23(16-34-26)43-22-8-12-33-27(24(22)31)38-13-5-6-20(38)7-11-32/h8,12,16,19-20,25,39H,5-7,9-10,13-15,17-18H2,1-4H3,(H,36,40)/t19-,20?,25+/m0/s1. The smallest absolute Gasteiger partial charge is 0.407 e. The first-order chi connectivity index (χ1) is 20.5. The third-order valence-electron chi connectivity index (χ3n) is 8.47. The Hall–Kier alpha value is -2.85. The van der Waals surface area contributed by atoms with Crippen LogP contribution in [0.2, 0.25) is 5.02 Å². The minimum absolute atomic E-state index is 0.112. The van der Waals surface area contributed by atoms with Crippen LogP contribution in [0.3, 0.4) is 0 Å². The molecule has 0 saturated carbocycles. The van der Waals surface area contributed by atoms with E-state index < -0.39 is 11.7 Å². The van der Waals surface area contributed by atoms with Gasteiger partial charge in [-0.15, -0.1) is 0 Å². The van der Waals surface area contributed by atoms with Crippen LogP contribution in [0.5, 0.6) is 0 Å². The van der Waals surface area contributed by atoms with E-state index >= 15 is 0 Å². The topological polar surface area (TPSA) is 137 Å². The number of nitrogens with one attached hydrogen (secondary N) is 1. The highest BCUT2D eigenvalue weighted by molar-refractivity contribution is 7.99. The molecule has 232 valence electrons. The molecule has 3 atom stereocenters. The van der Waals surface area contributed by atoms with Crippen LogP contribution in [0.15, 0.2) is 28.4 Å². The molecule has 0 radical (unpaired) electrons. The fraction of sp³-hybridized carbons (Fsp3) is 0.633. The summed E-state index contributed by atoms with van der Waals surface area (Å²) < 4.78 is 11.5. The Bertz CT molecular complexity index is 1360. The second kappa shape index (κ2) is 13.0. The minimum atomic E-state index is -0.576. The van der Waals surface area contributed by atoms with Gasteiger partial charge in [-0.25, -0.2) is 19.7 Å². The molecule has 3 aliphatic rings. The number of carbonyl (C=O) groups excluding carboxylic acids is 1. The SMILES string of the molecule is C[C@@H]1OCC2(CCN(c3ncc(Sc4ccnc(N5CCCC5CC#N)c4Cl)nc3CO)CC2)[C@@H]1NC(=O)OC(C)(C)C. The Kier molecular flexibility index (Phi) is 9.56. The molecule has 0 bridgehead atoms. The quantitative estimate of drug-likeness (QED) is 0.430. The van der Waals surface area contributed by atoms with E-state index in [1.165, 1.54) is 11.8 Å². The Labute approximate surface area is 262 Å². The summed E-state index contributed by atoms with van der Waals surface area (Å²) in [6.45, 7) is 10.1. The van der Waals surface area contributed by atoms with Crippen molar-refractivity contribution in [1.29, 1.82) is 5.26 Å². The molecule has 43 heavy (non-hydrogen) atoms. The van der Waals surface area contributed by atoms with Crippen LogP contribution in [-0.2, 0) is 16.1 Å². The first-order valence-electron chi connectivity index (χ1n) is 14.8. The molecule has 1 unspecified atom stereocenters. The number of ether oxygens (including phenoxy) is 2. The van der Waals surface area contributed by atoms with Crippen LogP contribution in [0, 0.1) is 16.7 Å². The lowest BCUT2D eigenvalue weighted by Gasteiger charge is -2.43. The zero-order valence-corrected chi connectivity index (χ0v) is 26.7. The van der Waals surface area contributed by atoms with Gasteiger partial charge in [0.25, 0.3) is 0 Å². The van der Waals surface area contributed by atoms with Gasteiger partial charge in [0.2, 0.25) is 0 Å². The molecular weight excluding hydrogens is 590 g/mol.